The Hall–Kier alpha value is -1.40. The smallest absolute Gasteiger partial charge is 0.141 e. The number of nitrogens with one attached hydrogen (secondary N) is 2. The lowest BCUT2D eigenvalue weighted by molar-refractivity contribution is 0.191. The number of hydrogen-bond acceptors (Lipinski definition) is 4. The summed E-state index contributed by atoms with van der Waals surface area (Å²) in [5.41, 5.74) is 0.747. The molecular formula is C16H20ClFN2O2. The van der Waals surface area contributed by atoms with Crippen molar-refractivity contribution in [3.8, 4) is 11.3 Å². The van der Waals surface area contributed by atoms with Gasteiger partial charge in [-0.2, -0.15) is 0 Å². The second-order valence-corrected chi connectivity index (χ2v) is 5.53. The molecule has 0 aliphatic heterocycles. The molecule has 1 heterocycles. The number of aliphatic hydroxyl groups is 1. The molecule has 120 valence electrons. The predicted molar refractivity (Wildman–Crippen MR) is 85.4 cm³/mol. The maximum Gasteiger partial charge on any atom is 0.141 e. The molecule has 0 aliphatic rings. The quantitative estimate of drug-likeness (QED) is 0.653. The first-order valence-corrected chi connectivity index (χ1v) is 7.57. The first kappa shape index (κ1) is 17.0. The summed E-state index contributed by atoms with van der Waals surface area (Å²) >= 11 is 5.77. The standard InChI is InChI=1S/C16H20ClFN2O2/c1-11(21)9-19-6-7-20-10-13-3-5-16(22-13)12-2-4-15(18)14(17)8-12/h2-5,8,11,19-21H,6-7,9-10H2,1H3/t11-/m1/s1. The van der Waals surface area contributed by atoms with Gasteiger partial charge in [-0.25, -0.2) is 4.39 Å². The van der Waals surface area contributed by atoms with Crippen molar-refractivity contribution in [3.63, 3.8) is 0 Å². The van der Waals surface area contributed by atoms with Crippen molar-refractivity contribution >= 4 is 11.6 Å². The van der Waals surface area contributed by atoms with Crippen molar-refractivity contribution in [1.29, 1.82) is 0 Å². The van der Waals surface area contributed by atoms with E-state index in [1.54, 1.807) is 19.1 Å². The fourth-order valence-corrected chi connectivity index (χ4v) is 2.16. The van der Waals surface area contributed by atoms with E-state index < -0.39 is 5.82 Å². The molecule has 6 heteroatoms. The van der Waals surface area contributed by atoms with Crippen molar-refractivity contribution in [3.05, 3.63) is 46.9 Å². The number of rotatable bonds is 8. The first-order chi connectivity index (χ1) is 10.6. The average Bonchev–Trinajstić information content (AvgIpc) is 2.94. The lowest BCUT2D eigenvalue weighted by Crippen LogP contribution is -2.31. The van der Waals surface area contributed by atoms with Crippen LogP contribution < -0.4 is 10.6 Å². The SMILES string of the molecule is C[C@@H](O)CNCCNCc1ccc(-c2ccc(F)c(Cl)c2)o1. The molecule has 0 saturated heterocycles. The minimum absolute atomic E-state index is 0.0813. The highest BCUT2D eigenvalue weighted by atomic mass is 35.5. The highest BCUT2D eigenvalue weighted by Gasteiger charge is 2.07. The van der Waals surface area contributed by atoms with Crippen molar-refractivity contribution in [2.24, 2.45) is 0 Å². The molecule has 0 fully saturated rings. The molecule has 0 radical (unpaired) electrons. The Balaban J connectivity index is 1.80. The largest absolute Gasteiger partial charge is 0.460 e. The van der Waals surface area contributed by atoms with Crippen molar-refractivity contribution in [2.75, 3.05) is 19.6 Å². The molecule has 1 atom stereocenters. The second kappa shape index (κ2) is 8.29. The number of aliphatic hydroxyl groups excluding tert-OH is 1. The van der Waals surface area contributed by atoms with E-state index in [1.165, 1.54) is 6.07 Å². The summed E-state index contributed by atoms with van der Waals surface area (Å²) in [4.78, 5) is 0. The zero-order valence-corrected chi connectivity index (χ0v) is 13.2. The lowest BCUT2D eigenvalue weighted by Gasteiger charge is -2.07. The van der Waals surface area contributed by atoms with Crippen LogP contribution in [0.2, 0.25) is 5.02 Å². The van der Waals surface area contributed by atoms with Crippen LogP contribution in [0.5, 0.6) is 0 Å². The van der Waals surface area contributed by atoms with Crippen LogP contribution in [0.1, 0.15) is 12.7 Å². The van der Waals surface area contributed by atoms with E-state index >= 15 is 0 Å². The van der Waals surface area contributed by atoms with Gasteiger partial charge in [0, 0.05) is 25.2 Å². The van der Waals surface area contributed by atoms with E-state index in [0.29, 0.717) is 18.8 Å². The number of benzene rings is 1. The zero-order chi connectivity index (χ0) is 15.9. The molecule has 0 aliphatic carbocycles. The molecule has 2 rings (SSSR count). The van der Waals surface area contributed by atoms with Crippen molar-refractivity contribution in [1.82, 2.24) is 10.6 Å². The molecular weight excluding hydrogens is 307 g/mol. The Morgan fingerprint density at radius 2 is 2.00 bits per heavy atom. The Kier molecular flexibility index (Phi) is 6.39. The van der Waals surface area contributed by atoms with Gasteiger partial charge in [-0.15, -0.1) is 0 Å². The van der Waals surface area contributed by atoms with E-state index in [9.17, 15) is 4.39 Å². The highest BCUT2D eigenvalue weighted by molar-refractivity contribution is 6.31. The molecule has 3 N–H and O–H groups in total. The summed E-state index contributed by atoms with van der Waals surface area (Å²) in [7, 11) is 0. The van der Waals surface area contributed by atoms with Crippen LogP contribution in [-0.2, 0) is 6.54 Å². The molecule has 4 nitrogen and oxygen atoms in total. The molecule has 1 aromatic carbocycles. The number of halogens is 2. The summed E-state index contributed by atoms with van der Waals surface area (Å²) in [6.07, 6.45) is -0.338. The topological polar surface area (TPSA) is 57.4 Å². The first-order valence-electron chi connectivity index (χ1n) is 7.20. The summed E-state index contributed by atoms with van der Waals surface area (Å²) in [5, 5.41) is 15.5. The van der Waals surface area contributed by atoms with Crippen molar-refractivity contribution in [2.45, 2.75) is 19.6 Å². The third-order valence-electron chi connectivity index (χ3n) is 3.08. The third kappa shape index (κ3) is 5.10. The Labute approximate surface area is 134 Å². The molecule has 0 spiro atoms. The highest BCUT2D eigenvalue weighted by Crippen LogP contribution is 2.26. The van der Waals surface area contributed by atoms with Gasteiger partial charge in [-0.05, 0) is 37.3 Å². The van der Waals surface area contributed by atoms with Gasteiger partial charge in [0.2, 0.25) is 0 Å². The Morgan fingerprint density at radius 1 is 1.23 bits per heavy atom. The summed E-state index contributed by atoms with van der Waals surface area (Å²) in [6, 6.07) is 8.23. The Morgan fingerprint density at radius 3 is 2.73 bits per heavy atom. The molecule has 2 aromatic rings. The molecule has 0 unspecified atom stereocenters. The van der Waals surface area contributed by atoms with E-state index in [4.69, 9.17) is 21.1 Å². The van der Waals surface area contributed by atoms with Crippen LogP contribution in [0.25, 0.3) is 11.3 Å². The van der Waals surface area contributed by atoms with Gasteiger partial charge in [0.05, 0.1) is 17.7 Å². The Bertz CT molecular complexity index is 602. The fourth-order valence-electron chi connectivity index (χ4n) is 1.98. The molecule has 1 aromatic heterocycles. The van der Waals surface area contributed by atoms with Gasteiger partial charge in [-0.3, -0.25) is 0 Å². The third-order valence-corrected chi connectivity index (χ3v) is 3.37. The van der Waals surface area contributed by atoms with Gasteiger partial charge in [0.15, 0.2) is 0 Å². The van der Waals surface area contributed by atoms with E-state index in [0.717, 1.165) is 24.4 Å². The number of furan rings is 1. The summed E-state index contributed by atoms with van der Waals surface area (Å²) in [5.74, 6) is 1.01. The van der Waals surface area contributed by atoms with Crippen LogP contribution in [0.4, 0.5) is 4.39 Å². The lowest BCUT2D eigenvalue weighted by atomic mass is 10.2. The summed E-state index contributed by atoms with van der Waals surface area (Å²) in [6.45, 7) is 4.47. The van der Waals surface area contributed by atoms with Crippen LogP contribution in [0, 0.1) is 5.82 Å². The monoisotopic (exact) mass is 326 g/mol. The van der Waals surface area contributed by atoms with Crippen molar-refractivity contribution < 1.29 is 13.9 Å². The van der Waals surface area contributed by atoms with Crippen LogP contribution in [0.3, 0.4) is 0 Å². The maximum absolute atomic E-state index is 13.1. The van der Waals surface area contributed by atoms with Crippen LogP contribution >= 0.6 is 11.6 Å². The van der Waals surface area contributed by atoms with Gasteiger partial charge >= 0.3 is 0 Å². The van der Waals surface area contributed by atoms with Crippen LogP contribution in [-0.4, -0.2) is 30.8 Å². The summed E-state index contributed by atoms with van der Waals surface area (Å²) < 4.78 is 18.8. The van der Waals surface area contributed by atoms with E-state index in [2.05, 4.69) is 10.6 Å². The number of hydrogen-bond donors (Lipinski definition) is 3. The molecule has 22 heavy (non-hydrogen) atoms. The molecule has 0 saturated carbocycles. The van der Waals surface area contributed by atoms with Crippen LogP contribution in [0.15, 0.2) is 34.7 Å². The average molecular weight is 327 g/mol. The van der Waals surface area contributed by atoms with Gasteiger partial charge in [0.1, 0.15) is 17.3 Å². The minimum atomic E-state index is -0.441. The van der Waals surface area contributed by atoms with Gasteiger partial charge in [-0.1, -0.05) is 11.6 Å². The van der Waals surface area contributed by atoms with Gasteiger partial charge in [0.25, 0.3) is 0 Å². The second-order valence-electron chi connectivity index (χ2n) is 5.12. The van der Waals surface area contributed by atoms with E-state index in [-0.39, 0.29) is 11.1 Å². The fraction of sp³-hybridized carbons (Fsp3) is 0.375. The van der Waals surface area contributed by atoms with Gasteiger partial charge < -0.3 is 20.2 Å². The van der Waals surface area contributed by atoms with E-state index in [1.807, 2.05) is 12.1 Å². The predicted octanol–water partition coefficient (Wildman–Crippen LogP) is 2.80. The molecule has 0 amide bonds. The minimum Gasteiger partial charge on any atom is -0.460 e. The molecule has 0 bridgehead atoms. The maximum atomic E-state index is 13.1. The zero-order valence-electron chi connectivity index (χ0n) is 12.4. The normalized spacial score (nSPS) is 12.5.